The van der Waals surface area contributed by atoms with E-state index < -0.39 is 0 Å². The third kappa shape index (κ3) is 4.27. The first-order valence-corrected chi connectivity index (χ1v) is 5.99. The molecule has 0 radical (unpaired) electrons. The van der Waals surface area contributed by atoms with Crippen molar-refractivity contribution in [3.63, 3.8) is 0 Å². The van der Waals surface area contributed by atoms with E-state index in [9.17, 15) is 0 Å². The minimum Gasteiger partial charge on any atom is -0.397 e. The Labute approximate surface area is 127 Å². The minimum atomic E-state index is -0.0194. The molecule has 0 atom stereocenters. The molecular weight excluding hydrogens is 282 g/mol. The van der Waals surface area contributed by atoms with Crippen LogP contribution in [0.3, 0.4) is 0 Å². The molecule has 0 amide bonds. The summed E-state index contributed by atoms with van der Waals surface area (Å²) in [5, 5.41) is 7.58. The summed E-state index contributed by atoms with van der Waals surface area (Å²) in [6, 6.07) is 0. The van der Waals surface area contributed by atoms with Gasteiger partial charge in [-0.3, -0.25) is 0 Å². The molecule has 0 fully saturated rings. The minimum absolute atomic E-state index is 0.0155. The first-order valence-electron chi connectivity index (χ1n) is 5.99. The summed E-state index contributed by atoms with van der Waals surface area (Å²) >= 11 is 0. The summed E-state index contributed by atoms with van der Waals surface area (Å²) in [6.45, 7) is 6.88. The van der Waals surface area contributed by atoms with Crippen molar-refractivity contribution >= 4 is 24.1 Å². The molecule has 8 N–H and O–H groups in total. The van der Waals surface area contributed by atoms with E-state index in [1.807, 2.05) is 0 Å². The van der Waals surface area contributed by atoms with Crippen molar-refractivity contribution in [1.29, 1.82) is 0 Å². The molecule has 0 aliphatic carbocycles. The predicted octanol–water partition coefficient (Wildman–Crippen LogP) is -0.351. The molecule has 0 saturated carbocycles. The van der Waals surface area contributed by atoms with Crippen molar-refractivity contribution in [2.75, 3.05) is 5.73 Å². The number of hydrogen-bond acceptors (Lipinski definition) is 7. The Morgan fingerprint density at radius 2 is 1.95 bits per heavy atom. The lowest BCUT2D eigenvalue weighted by atomic mass is 10.3. The second kappa shape index (κ2) is 7.94. The molecule has 0 aliphatic heterocycles. The van der Waals surface area contributed by atoms with Crippen molar-refractivity contribution in [3.05, 3.63) is 54.4 Å². The largest absolute Gasteiger partial charge is 0.397 e. The quantitative estimate of drug-likeness (QED) is 0.251. The average molecular weight is 299 g/mol. The van der Waals surface area contributed by atoms with Crippen LogP contribution in [0, 0.1) is 0 Å². The Bertz CT molecular complexity index is 683. The SMILES string of the molecule is C=C\C=C/C(N)=C(N)/C(N=C)=N/N=C(\N)c1ncncc1N. The van der Waals surface area contributed by atoms with E-state index in [1.54, 1.807) is 18.2 Å². The van der Waals surface area contributed by atoms with Crippen molar-refractivity contribution in [3.8, 4) is 0 Å². The molecule has 22 heavy (non-hydrogen) atoms. The number of aliphatic imine (C=N–C) groups is 1. The molecule has 9 heteroatoms. The Kier molecular flexibility index (Phi) is 5.98. The van der Waals surface area contributed by atoms with Gasteiger partial charge in [0, 0.05) is 0 Å². The van der Waals surface area contributed by atoms with Gasteiger partial charge in [0.25, 0.3) is 0 Å². The van der Waals surface area contributed by atoms with Gasteiger partial charge in [-0.25, -0.2) is 15.0 Å². The lowest BCUT2D eigenvalue weighted by molar-refractivity contribution is 1.13. The number of hydrogen-bond donors (Lipinski definition) is 4. The molecule has 0 saturated heterocycles. The topological polar surface area (TPSA) is 167 Å². The van der Waals surface area contributed by atoms with Gasteiger partial charge in [0.05, 0.1) is 17.6 Å². The molecule has 1 aromatic rings. The van der Waals surface area contributed by atoms with Crippen LogP contribution in [0.5, 0.6) is 0 Å². The summed E-state index contributed by atoms with van der Waals surface area (Å²) in [5.41, 5.74) is 23.9. The average Bonchev–Trinajstić information content (AvgIpc) is 2.53. The highest BCUT2D eigenvalue weighted by atomic mass is 15.3. The summed E-state index contributed by atoms with van der Waals surface area (Å²) in [5.74, 6) is -0.00385. The normalized spacial score (nSPS) is 13.8. The molecule has 0 aliphatic rings. The molecule has 9 nitrogen and oxygen atoms in total. The van der Waals surface area contributed by atoms with E-state index in [2.05, 4.69) is 38.5 Å². The van der Waals surface area contributed by atoms with E-state index in [4.69, 9.17) is 22.9 Å². The van der Waals surface area contributed by atoms with E-state index in [0.717, 1.165) is 0 Å². The summed E-state index contributed by atoms with van der Waals surface area (Å²) in [7, 11) is 0. The van der Waals surface area contributed by atoms with Crippen LogP contribution in [0.15, 0.2) is 63.9 Å². The Morgan fingerprint density at radius 3 is 2.55 bits per heavy atom. The number of anilines is 1. The van der Waals surface area contributed by atoms with E-state index in [0.29, 0.717) is 0 Å². The molecule has 0 aromatic carbocycles. The Hall–Kier alpha value is -3.49. The molecule has 1 rings (SSSR count). The van der Waals surface area contributed by atoms with Crippen molar-refractivity contribution in [2.24, 2.45) is 32.4 Å². The van der Waals surface area contributed by atoms with E-state index in [-0.39, 0.29) is 34.4 Å². The number of amidine groups is 2. The first-order chi connectivity index (χ1) is 10.5. The molecule has 0 bridgehead atoms. The zero-order valence-electron chi connectivity index (χ0n) is 11.8. The van der Waals surface area contributed by atoms with Gasteiger partial charge in [0.2, 0.25) is 0 Å². The van der Waals surface area contributed by atoms with Gasteiger partial charge >= 0.3 is 0 Å². The maximum absolute atomic E-state index is 5.81. The van der Waals surface area contributed by atoms with Crippen LogP contribution < -0.4 is 22.9 Å². The number of nitrogens with zero attached hydrogens (tertiary/aromatic N) is 5. The number of allylic oxidation sites excluding steroid dienone is 3. The lowest BCUT2D eigenvalue weighted by Crippen LogP contribution is -2.19. The molecule has 0 unspecified atom stereocenters. The smallest absolute Gasteiger partial charge is 0.199 e. The van der Waals surface area contributed by atoms with Gasteiger partial charge in [0.1, 0.15) is 17.7 Å². The van der Waals surface area contributed by atoms with Gasteiger partial charge in [-0.15, -0.1) is 10.2 Å². The Balaban J connectivity index is 3.15. The fourth-order valence-electron chi connectivity index (χ4n) is 1.26. The third-order valence-corrected chi connectivity index (χ3v) is 2.35. The second-order valence-corrected chi connectivity index (χ2v) is 3.86. The van der Waals surface area contributed by atoms with Gasteiger partial charge in [-0.1, -0.05) is 18.7 Å². The van der Waals surface area contributed by atoms with Gasteiger partial charge < -0.3 is 22.9 Å². The Morgan fingerprint density at radius 1 is 1.23 bits per heavy atom. The maximum atomic E-state index is 5.81. The van der Waals surface area contributed by atoms with Crippen molar-refractivity contribution in [2.45, 2.75) is 0 Å². The van der Waals surface area contributed by atoms with Crippen LogP contribution >= 0.6 is 0 Å². The summed E-state index contributed by atoms with van der Waals surface area (Å²) in [4.78, 5) is 11.3. The van der Waals surface area contributed by atoms with Crippen LogP contribution in [0.1, 0.15) is 5.69 Å². The summed E-state index contributed by atoms with van der Waals surface area (Å²) in [6.07, 6.45) is 7.39. The monoisotopic (exact) mass is 299 g/mol. The van der Waals surface area contributed by atoms with E-state index in [1.165, 1.54) is 12.5 Å². The van der Waals surface area contributed by atoms with Crippen LogP contribution in [0.4, 0.5) is 5.69 Å². The van der Waals surface area contributed by atoms with Gasteiger partial charge in [0.15, 0.2) is 11.7 Å². The molecule has 114 valence electrons. The first kappa shape index (κ1) is 16.6. The lowest BCUT2D eigenvalue weighted by Gasteiger charge is -2.03. The van der Waals surface area contributed by atoms with Crippen LogP contribution in [0.2, 0.25) is 0 Å². The number of nitrogens with two attached hydrogens (primary N) is 4. The maximum Gasteiger partial charge on any atom is 0.199 e. The van der Waals surface area contributed by atoms with Crippen LogP contribution in [-0.2, 0) is 0 Å². The highest BCUT2D eigenvalue weighted by Crippen LogP contribution is 2.05. The standard InChI is InChI=1S/C13H17N9/c1-3-4-5-8(14)10(16)13(18-2)22-21-12(17)11-9(15)6-19-7-20-11/h3-7H,1-2,14-16H2,(H2,17,21)/b5-4-,10-8+,22-13-. The number of rotatable bonds is 5. The van der Waals surface area contributed by atoms with Gasteiger partial charge in [-0.05, 0) is 12.8 Å². The van der Waals surface area contributed by atoms with Crippen LogP contribution in [-0.4, -0.2) is 28.4 Å². The highest BCUT2D eigenvalue weighted by Gasteiger charge is 2.07. The highest BCUT2D eigenvalue weighted by molar-refractivity contribution is 6.03. The fourth-order valence-corrected chi connectivity index (χ4v) is 1.26. The van der Waals surface area contributed by atoms with Crippen molar-refractivity contribution in [1.82, 2.24) is 9.97 Å². The number of aromatic nitrogens is 2. The second-order valence-electron chi connectivity index (χ2n) is 3.86. The van der Waals surface area contributed by atoms with Gasteiger partial charge in [-0.2, -0.15) is 0 Å². The zero-order chi connectivity index (χ0) is 16.5. The molecule has 1 heterocycles. The molecule has 0 spiro atoms. The van der Waals surface area contributed by atoms with E-state index >= 15 is 0 Å². The predicted molar refractivity (Wildman–Crippen MR) is 88.9 cm³/mol. The number of nitrogen functional groups attached to an aromatic ring is 1. The van der Waals surface area contributed by atoms with Crippen molar-refractivity contribution < 1.29 is 0 Å². The van der Waals surface area contributed by atoms with Crippen LogP contribution in [0.25, 0.3) is 0 Å². The fraction of sp³-hybridized carbons (Fsp3) is 0. The molecular formula is C13H17N9. The molecule has 1 aromatic heterocycles. The third-order valence-electron chi connectivity index (χ3n) is 2.35. The summed E-state index contributed by atoms with van der Waals surface area (Å²) < 4.78 is 0. The zero-order valence-corrected chi connectivity index (χ0v) is 11.8.